The zero-order valence-electron chi connectivity index (χ0n) is 19.1. The van der Waals surface area contributed by atoms with Gasteiger partial charge in [-0.15, -0.1) is 0 Å². The number of primary amides is 1. The molecule has 1 fully saturated rings. The number of carboxylic acids is 1. The Morgan fingerprint density at radius 3 is 2.20 bits per heavy atom. The summed E-state index contributed by atoms with van der Waals surface area (Å²) >= 11 is 0. The molecule has 0 unspecified atom stereocenters. The predicted octanol–water partition coefficient (Wildman–Crippen LogP) is -5.35. The van der Waals surface area contributed by atoms with Gasteiger partial charge in [-0.2, -0.15) is 0 Å². The highest BCUT2D eigenvalue weighted by atomic mass is 16.6. The molecule has 200 valence electrons. The Morgan fingerprint density at radius 1 is 1.06 bits per heavy atom. The lowest BCUT2D eigenvalue weighted by atomic mass is 9.96. The van der Waals surface area contributed by atoms with E-state index < -0.39 is 98.1 Å². The van der Waals surface area contributed by atoms with E-state index in [1.807, 2.05) is 0 Å². The molecule has 0 aromatic carbocycles. The van der Waals surface area contributed by atoms with Crippen LogP contribution in [0.4, 0.5) is 0 Å². The van der Waals surface area contributed by atoms with Gasteiger partial charge in [-0.05, 0) is 20.3 Å². The SMILES string of the molecule is C[C@H](NC(=O)[C@H](C)O[C@H]1[C@H](O)[C@@H](CO)O[C@H](O)[C@@H]1NC(=O)CO)C(=O)N[C@@H](CCC(=O)O)C(N)=O. The van der Waals surface area contributed by atoms with Crippen LogP contribution in [-0.2, 0) is 33.4 Å². The third-order valence-electron chi connectivity index (χ3n) is 5.13. The molecule has 1 aliphatic rings. The summed E-state index contributed by atoms with van der Waals surface area (Å²) in [4.78, 5) is 58.6. The van der Waals surface area contributed by atoms with Crippen molar-refractivity contribution in [2.45, 2.75) is 75.5 Å². The van der Waals surface area contributed by atoms with Crippen molar-refractivity contribution in [2.75, 3.05) is 13.2 Å². The van der Waals surface area contributed by atoms with Crippen LogP contribution < -0.4 is 21.7 Å². The number of carbonyl (C=O) groups excluding carboxylic acids is 4. The number of ether oxygens (including phenoxy) is 2. The van der Waals surface area contributed by atoms with Gasteiger partial charge in [-0.25, -0.2) is 0 Å². The first kappa shape index (κ1) is 30.1. The monoisotopic (exact) mass is 508 g/mol. The van der Waals surface area contributed by atoms with Crippen LogP contribution in [0, 0.1) is 0 Å². The number of hydrogen-bond acceptors (Lipinski definition) is 11. The van der Waals surface area contributed by atoms with Crippen LogP contribution in [0.3, 0.4) is 0 Å². The minimum absolute atomic E-state index is 0.256. The van der Waals surface area contributed by atoms with E-state index in [0.717, 1.165) is 0 Å². The highest BCUT2D eigenvalue weighted by Crippen LogP contribution is 2.23. The summed E-state index contributed by atoms with van der Waals surface area (Å²) in [7, 11) is 0. The number of carboxylic acid groups (broad SMARTS) is 1. The molecule has 1 rings (SSSR count). The standard InChI is InChI=1S/C19H32N4O12/c1-7(17(31)22-9(16(20)30)3-4-12(27)28)21-18(32)8(2)34-15-13(23-11(26)6-25)19(33)35-10(5-24)14(15)29/h7-10,13-15,19,24-25,29,33H,3-6H2,1-2H3,(H2,20,30)(H,21,32)(H,22,31)(H,23,26)(H,27,28)/t7-,8-,9-,10+,13+,14+,15+,19-/m0/s1. The zero-order valence-corrected chi connectivity index (χ0v) is 19.1. The van der Waals surface area contributed by atoms with Gasteiger partial charge in [-0.3, -0.25) is 24.0 Å². The van der Waals surface area contributed by atoms with Gasteiger partial charge in [0, 0.05) is 6.42 Å². The van der Waals surface area contributed by atoms with Crippen LogP contribution in [0.1, 0.15) is 26.7 Å². The molecule has 8 atom stereocenters. The van der Waals surface area contributed by atoms with Gasteiger partial charge in [0.25, 0.3) is 0 Å². The molecule has 1 aliphatic heterocycles. The summed E-state index contributed by atoms with van der Waals surface area (Å²) in [6.07, 6.45) is -8.20. The van der Waals surface area contributed by atoms with Crippen LogP contribution in [-0.4, -0.2) is 117 Å². The maximum absolute atomic E-state index is 12.6. The largest absolute Gasteiger partial charge is 0.481 e. The molecule has 0 bridgehead atoms. The Bertz CT molecular complexity index is 781. The minimum Gasteiger partial charge on any atom is -0.481 e. The highest BCUT2D eigenvalue weighted by Gasteiger charge is 2.47. The molecule has 10 N–H and O–H groups in total. The van der Waals surface area contributed by atoms with Crippen LogP contribution >= 0.6 is 0 Å². The Balaban J connectivity index is 2.83. The number of rotatable bonds is 13. The first-order valence-corrected chi connectivity index (χ1v) is 10.6. The molecule has 35 heavy (non-hydrogen) atoms. The fourth-order valence-electron chi connectivity index (χ4n) is 3.18. The van der Waals surface area contributed by atoms with E-state index in [-0.39, 0.29) is 6.42 Å². The van der Waals surface area contributed by atoms with Crippen molar-refractivity contribution in [3.05, 3.63) is 0 Å². The number of nitrogens with two attached hydrogens (primary N) is 1. The summed E-state index contributed by atoms with van der Waals surface area (Å²) in [5.41, 5.74) is 5.16. The molecule has 16 heteroatoms. The fraction of sp³-hybridized carbons (Fsp3) is 0.737. The lowest BCUT2D eigenvalue weighted by Crippen LogP contribution is -2.66. The molecular formula is C19H32N4O12. The van der Waals surface area contributed by atoms with E-state index in [9.17, 15) is 39.3 Å². The van der Waals surface area contributed by atoms with Crippen LogP contribution in [0.25, 0.3) is 0 Å². The predicted molar refractivity (Wildman–Crippen MR) is 113 cm³/mol. The minimum atomic E-state index is -1.76. The van der Waals surface area contributed by atoms with Crippen molar-refractivity contribution >= 4 is 29.6 Å². The third-order valence-corrected chi connectivity index (χ3v) is 5.13. The number of aliphatic carboxylic acids is 1. The van der Waals surface area contributed by atoms with E-state index in [1.54, 1.807) is 0 Å². The van der Waals surface area contributed by atoms with Gasteiger partial charge in [0.05, 0.1) is 6.61 Å². The van der Waals surface area contributed by atoms with Crippen molar-refractivity contribution in [2.24, 2.45) is 5.73 Å². The molecule has 0 aliphatic carbocycles. The first-order valence-electron chi connectivity index (χ1n) is 10.6. The zero-order chi connectivity index (χ0) is 26.9. The van der Waals surface area contributed by atoms with Crippen LogP contribution in [0.15, 0.2) is 0 Å². The number of amides is 4. The summed E-state index contributed by atoms with van der Waals surface area (Å²) in [5.74, 6) is -4.80. The van der Waals surface area contributed by atoms with E-state index in [2.05, 4.69) is 16.0 Å². The van der Waals surface area contributed by atoms with E-state index in [4.69, 9.17) is 25.4 Å². The van der Waals surface area contributed by atoms with Crippen LogP contribution in [0.5, 0.6) is 0 Å². The van der Waals surface area contributed by atoms with Crippen LogP contribution in [0.2, 0.25) is 0 Å². The molecular weight excluding hydrogens is 476 g/mol. The second-order valence-electron chi connectivity index (χ2n) is 7.86. The van der Waals surface area contributed by atoms with E-state index in [1.165, 1.54) is 13.8 Å². The molecule has 0 saturated carbocycles. The quantitative estimate of drug-likeness (QED) is 0.113. The molecule has 0 spiro atoms. The normalized spacial score (nSPS) is 26.6. The van der Waals surface area contributed by atoms with Crippen molar-refractivity contribution in [3.63, 3.8) is 0 Å². The fourth-order valence-corrected chi connectivity index (χ4v) is 3.18. The number of aliphatic hydroxyl groups excluding tert-OH is 4. The van der Waals surface area contributed by atoms with Crippen molar-refractivity contribution in [3.8, 4) is 0 Å². The van der Waals surface area contributed by atoms with E-state index >= 15 is 0 Å². The highest BCUT2D eigenvalue weighted by molar-refractivity contribution is 5.92. The third kappa shape index (κ3) is 9.00. The Hall–Kier alpha value is -2.89. The lowest BCUT2D eigenvalue weighted by molar-refractivity contribution is -0.266. The molecule has 0 aromatic rings. The Morgan fingerprint density at radius 2 is 1.69 bits per heavy atom. The lowest BCUT2D eigenvalue weighted by Gasteiger charge is -2.43. The molecule has 1 saturated heterocycles. The second-order valence-corrected chi connectivity index (χ2v) is 7.86. The average Bonchev–Trinajstić information content (AvgIpc) is 2.79. The summed E-state index contributed by atoms with van der Waals surface area (Å²) < 4.78 is 10.5. The summed E-state index contributed by atoms with van der Waals surface area (Å²) in [5, 5.41) is 54.3. The number of nitrogens with one attached hydrogen (secondary N) is 3. The number of hydrogen-bond donors (Lipinski definition) is 9. The maximum atomic E-state index is 12.6. The van der Waals surface area contributed by atoms with Crippen molar-refractivity contribution in [1.29, 1.82) is 0 Å². The Labute approximate surface area is 199 Å². The maximum Gasteiger partial charge on any atom is 0.303 e. The number of aliphatic hydroxyl groups is 4. The van der Waals surface area contributed by atoms with E-state index in [0.29, 0.717) is 0 Å². The second kappa shape index (κ2) is 13.9. The molecule has 0 radical (unpaired) electrons. The van der Waals surface area contributed by atoms with Crippen molar-refractivity contribution < 1.29 is 59.0 Å². The Kier molecular flexibility index (Phi) is 11.9. The average molecular weight is 508 g/mol. The summed E-state index contributed by atoms with van der Waals surface area (Å²) in [6, 6.07) is -3.92. The first-order chi connectivity index (χ1) is 16.3. The van der Waals surface area contributed by atoms with Crippen molar-refractivity contribution in [1.82, 2.24) is 16.0 Å². The van der Waals surface area contributed by atoms with Gasteiger partial charge >= 0.3 is 5.97 Å². The van der Waals surface area contributed by atoms with Gasteiger partial charge in [0.15, 0.2) is 6.29 Å². The summed E-state index contributed by atoms with van der Waals surface area (Å²) in [6.45, 7) is 0.844. The molecule has 4 amide bonds. The molecule has 0 aromatic heterocycles. The molecule has 16 nitrogen and oxygen atoms in total. The number of carbonyl (C=O) groups is 5. The van der Waals surface area contributed by atoms with Gasteiger partial charge < -0.3 is 56.7 Å². The smallest absolute Gasteiger partial charge is 0.303 e. The van der Waals surface area contributed by atoms with Gasteiger partial charge in [0.2, 0.25) is 23.6 Å². The van der Waals surface area contributed by atoms with Gasteiger partial charge in [-0.1, -0.05) is 0 Å². The van der Waals surface area contributed by atoms with Gasteiger partial charge in [0.1, 0.15) is 49.1 Å². The topological polar surface area (TPSA) is 267 Å². The molecule has 1 heterocycles.